The van der Waals surface area contributed by atoms with Crippen molar-refractivity contribution < 1.29 is 0 Å². The van der Waals surface area contributed by atoms with Gasteiger partial charge in [-0.2, -0.15) is 0 Å². The van der Waals surface area contributed by atoms with Gasteiger partial charge in [0.1, 0.15) is 0 Å². The Balaban J connectivity index is 1.15. The molecule has 340 valence electrons. The number of anilines is 6. The Bertz CT molecular complexity index is 4110. The van der Waals surface area contributed by atoms with Crippen molar-refractivity contribution in [1.82, 2.24) is 14.0 Å². The summed E-state index contributed by atoms with van der Waals surface area (Å²) < 4.78 is 5.00. The second-order valence-electron chi connectivity index (χ2n) is 19.0. The first-order valence-electron chi connectivity index (χ1n) is 25.1. The lowest BCUT2D eigenvalue weighted by atomic mass is 9.46. The second kappa shape index (κ2) is 16.5. The maximum absolute atomic E-state index is 5.75. The molecule has 15 rings (SSSR count). The summed E-state index contributed by atoms with van der Waals surface area (Å²) in [6, 6.07) is 97.4. The Kier molecular flexibility index (Phi) is 9.29. The number of aromatic nitrogens is 3. The van der Waals surface area contributed by atoms with Gasteiger partial charge >= 0.3 is 6.85 Å². The predicted octanol–water partition coefficient (Wildman–Crippen LogP) is 16.0. The fourth-order valence-corrected chi connectivity index (χ4v) is 12.0. The molecule has 0 aliphatic carbocycles. The van der Waals surface area contributed by atoms with Gasteiger partial charge in [-0.15, -0.1) is 0 Å². The van der Waals surface area contributed by atoms with Crippen molar-refractivity contribution in [3.05, 3.63) is 267 Å². The average Bonchev–Trinajstić information content (AvgIpc) is 4.06. The Labute approximate surface area is 423 Å². The van der Waals surface area contributed by atoms with E-state index in [9.17, 15) is 0 Å². The van der Waals surface area contributed by atoms with Crippen LogP contribution in [0.1, 0.15) is 0 Å². The quantitative estimate of drug-likeness (QED) is 0.149. The summed E-state index contributed by atoms with van der Waals surface area (Å²) >= 11 is 0. The number of para-hydroxylation sites is 7. The van der Waals surface area contributed by atoms with E-state index < -0.39 is 0 Å². The summed E-state index contributed by atoms with van der Waals surface area (Å²) in [4.78, 5) is 10.8. The molecule has 73 heavy (non-hydrogen) atoms. The first-order valence-corrected chi connectivity index (χ1v) is 25.1. The highest BCUT2D eigenvalue weighted by molar-refractivity contribution is 6.89. The van der Waals surface area contributed by atoms with Crippen molar-refractivity contribution in [2.24, 2.45) is 0 Å². The first-order chi connectivity index (χ1) is 36.3. The number of fused-ring (bicyclic) bond motifs is 9. The number of imidazole rings is 1. The van der Waals surface area contributed by atoms with Crippen LogP contribution in [-0.4, -0.2) is 20.9 Å². The highest BCUT2D eigenvalue weighted by atomic mass is 15.3. The summed E-state index contributed by atoms with van der Waals surface area (Å²) in [5, 5.41) is 2.43. The third kappa shape index (κ3) is 6.27. The van der Waals surface area contributed by atoms with Crippen LogP contribution in [0.25, 0.3) is 83.0 Å². The summed E-state index contributed by atoms with van der Waals surface area (Å²) in [5.41, 5.74) is 22.3. The molecule has 0 amide bonds. The normalized spacial score (nSPS) is 12.6. The molecule has 0 saturated carbocycles. The maximum atomic E-state index is 5.75. The van der Waals surface area contributed by atoms with E-state index in [2.05, 4.69) is 286 Å². The van der Waals surface area contributed by atoms with E-state index in [4.69, 9.17) is 4.98 Å². The number of nitrogens with zero attached hydrogens (tertiary/aromatic N) is 5. The molecule has 4 heterocycles. The molecule has 11 aromatic carbocycles. The third-order valence-corrected chi connectivity index (χ3v) is 15.1. The van der Waals surface area contributed by atoms with Gasteiger partial charge in [-0.1, -0.05) is 224 Å². The van der Waals surface area contributed by atoms with E-state index in [1.54, 1.807) is 0 Å². The monoisotopic (exact) mass is 929 g/mol. The number of hydrogen-bond acceptors (Lipinski definition) is 3. The van der Waals surface area contributed by atoms with Crippen LogP contribution in [0.3, 0.4) is 0 Å². The second-order valence-corrected chi connectivity index (χ2v) is 19.0. The van der Waals surface area contributed by atoms with Crippen molar-refractivity contribution in [3.63, 3.8) is 0 Å². The lowest BCUT2D eigenvalue weighted by Gasteiger charge is -2.45. The standard InChI is InChI=1S/C67H44BN5/c1-5-23-45(24-6-1)50-33-21-34-51(46-25-7-2-8-26-46)65(50)71-60-41-19-15-37-56(60)68-64-62(71)43-49(70-58-39-17-13-31-54(58)55-32-14-18-40-59(55)70)44-63(64)72(67-69-57-38-16-20-42-61(57)73(67)68)66-52(47-27-9-3-10-28-47)35-22-36-53(66)48-29-11-4-12-30-48/h1-44H. The summed E-state index contributed by atoms with van der Waals surface area (Å²) in [5.74, 6) is 0.863. The fraction of sp³-hybridized carbons (Fsp3) is 0. The maximum Gasteiger partial charge on any atom is 0.337 e. The molecule has 2 aliphatic heterocycles. The molecule has 0 atom stereocenters. The zero-order chi connectivity index (χ0) is 48.0. The minimum atomic E-state index is -0.239. The highest BCUT2D eigenvalue weighted by Crippen LogP contribution is 2.54. The van der Waals surface area contributed by atoms with E-state index in [1.165, 1.54) is 21.7 Å². The fourth-order valence-electron chi connectivity index (χ4n) is 12.0. The van der Waals surface area contributed by atoms with Crippen LogP contribution in [0.5, 0.6) is 0 Å². The van der Waals surface area contributed by atoms with Crippen molar-refractivity contribution in [3.8, 4) is 50.2 Å². The van der Waals surface area contributed by atoms with Gasteiger partial charge in [0.15, 0.2) is 0 Å². The molecular weight excluding hydrogens is 886 g/mol. The van der Waals surface area contributed by atoms with E-state index in [-0.39, 0.29) is 6.85 Å². The van der Waals surface area contributed by atoms with Gasteiger partial charge in [0, 0.05) is 44.4 Å². The van der Waals surface area contributed by atoms with Gasteiger partial charge in [-0.3, -0.25) is 4.90 Å². The van der Waals surface area contributed by atoms with Gasteiger partial charge in [0.2, 0.25) is 5.95 Å². The Hall–Kier alpha value is -9.65. The first kappa shape index (κ1) is 41.2. The molecule has 6 heteroatoms. The van der Waals surface area contributed by atoms with E-state index in [0.29, 0.717) is 0 Å². The van der Waals surface area contributed by atoms with Crippen LogP contribution in [0.4, 0.5) is 34.4 Å². The van der Waals surface area contributed by atoms with E-state index in [0.717, 1.165) is 107 Å². The largest absolute Gasteiger partial charge is 0.345 e. The molecule has 0 spiro atoms. The lowest BCUT2D eigenvalue weighted by Crippen LogP contribution is -2.58. The SMILES string of the molecule is c1ccc(-c2cccc(-c3ccccc3)c2N2c3ccccc3B3c4c2cc(-n2c5ccccc5c5ccccc52)cc4N(c2c(-c4ccccc4)cccc2-c2ccccc2)c2nc4ccccc4n23)cc1. The van der Waals surface area contributed by atoms with Crippen LogP contribution >= 0.6 is 0 Å². The minimum Gasteiger partial charge on any atom is -0.345 e. The number of rotatable bonds is 7. The van der Waals surface area contributed by atoms with Gasteiger partial charge in [-0.25, -0.2) is 4.98 Å². The smallest absolute Gasteiger partial charge is 0.337 e. The molecule has 2 aliphatic rings. The summed E-state index contributed by atoms with van der Waals surface area (Å²) in [7, 11) is 0. The molecule has 2 aromatic heterocycles. The highest BCUT2D eigenvalue weighted by Gasteiger charge is 2.47. The van der Waals surface area contributed by atoms with Crippen LogP contribution in [-0.2, 0) is 0 Å². The molecule has 0 bridgehead atoms. The van der Waals surface area contributed by atoms with Gasteiger partial charge in [0.25, 0.3) is 0 Å². The van der Waals surface area contributed by atoms with Gasteiger partial charge in [0.05, 0.1) is 44.8 Å². The van der Waals surface area contributed by atoms with Crippen LogP contribution in [0.2, 0.25) is 0 Å². The molecular formula is C67H44BN5. The van der Waals surface area contributed by atoms with Gasteiger partial charge in [-0.05, 0) is 75.6 Å². The summed E-state index contributed by atoms with van der Waals surface area (Å²) in [6.07, 6.45) is 0. The minimum absolute atomic E-state index is 0.239. The molecule has 13 aromatic rings. The number of hydrogen-bond donors (Lipinski definition) is 0. The lowest BCUT2D eigenvalue weighted by molar-refractivity contribution is 1.07. The Morgan fingerprint density at radius 2 is 0.740 bits per heavy atom. The van der Waals surface area contributed by atoms with Crippen molar-refractivity contribution in [2.45, 2.75) is 0 Å². The molecule has 0 unspecified atom stereocenters. The molecule has 0 saturated heterocycles. The summed E-state index contributed by atoms with van der Waals surface area (Å²) in [6.45, 7) is -0.239. The number of benzene rings is 11. The topological polar surface area (TPSA) is 29.2 Å². The zero-order valence-electron chi connectivity index (χ0n) is 39.7. The zero-order valence-corrected chi connectivity index (χ0v) is 39.7. The Morgan fingerprint density at radius 1 is 0.329 bits per heavy atom. The van der Waals surface area contributed by atoms with E-state index >= 15 is 0 Å². The van der Waals surface area contributed by atoms with Crippen molar-refractivity contribution in [1.29, 1.82) is 0 Å². The third-order valence-electron chi connectivity index (χ3n) is 15.1. The molecule has 5 nitrogen and oxygen atoms in total. The Morgan fingerprint density at radius 3 is 1.26 bits per heavy atom. The van der Waals surface area contributed by atoms with Crippen LogP contribution in [0, 0.1) is 0 Å². The molecule has 0 fully saturated rings. The van der Waals surface area contributed by atoms with Crippen LogP contribution in [0.15, 0.2) is 267 Å². The van der Waals surface area contributed by atoms with Crippen LogP contribution < -0.4 is 20.7 Å². The van der Waals surface area contributed by atoms with Crippen molar-refractivity contribution >= 4 is 85.0 Å². The van der Waals surface area contributed by atoms with Crippen molar-refractivity contribution in [2.75, 3.05) is 9.80 Å². The molecule has 0 N–H and O–H groups in total. The molecule has 0 radical (unpaired) electrons. The van der Waals surface area contributed by atoms with E-state index in [1.807, 2.05) is 0 Å². The average molecular weight is 930 g/mol. The van der Waals surface area contributed by atoms with Gasteiger partial charge < -0.3 is 13.9 Å². The predicted molar refractivity (Wildman–Crippen MR) is 306 cm³/mol.